The first-order chi connectivity index (χ1) is 12.0. The highest BCUT2D eigenvalue weighted by Crippen LogP contribution is 2.66. The predicted octanol–water partition coefficient (Wildman–Crippen LogP) is 4.13. The van der Waals surface area contributed by atoms with Crippen LogP contribution in [0, 0.1) is 17.3 Å². The molecule has 3 unspecified atom stereocenters. The molecule has 136 valence electrons. The van der Waals surface area contributed by atoms with Crippen molar-refractivity contribution in [1.82, 2.24) is 5.43 Å². The average molecular weight is 409 g/mol. The van der Waals surface area contributed by atoms with Crippen LogP contribution in [0.4, 0.5) is 0 Å². The van der Waals surface area contributed by atoms with E-state index in [0.29, 0.717) is 24.0 Å². The molecule has 3 rings (SSSR count). The van der Waals surface area contributed by atoms with Crippen molar-refractivity contribution in [3.63, 3.8) is 0 Å². The standard InChI is InChI=1S/C19H25BrN2O3/c1-4-25-17-14(20)9-12(10-15(17)24-3)11-21-22-18(23)16-13-7-5-6-8-19(13,16)2/h9-11,13,16H,4-8H2,1-3H3,(H,22,23). The number of nitrogens with one attached hydrogen (secondary N) is 1. The minimum atomic E-state index is 0.0441. The maximum absolute atomic E-state index is 12.4. The molecule has 3 atom stereocenters. The van der Waals surface area contributed by atoms with Gasteiger partial charge < -0.3 is 9.47 Å². The van der Waals surface area contributed by atoms with Gasteiger partial charge in [0.1, 0.15) is 0 Å². The van der Waals surface area contributed by atoms with Crippen LogP contribution in [-0.2, 0) is 4.79 Å². The predicted molar refractivity (Wildman–Crippen MR) is 101 cm³/mol. The molecule has 1 aromatic carbocycles. The molecule has 0 bridgehead atoms. The van der Waals surface area contributed by atoms with Crippen molar-refractivity contribution in [2.75, 3.05) is 13.7 Å². The van der Waals surface area contributed by atoms with Gasteiger partial charge in [0.05, 0.1) is 24.4 Å². The van der Waals surface area contributed by atoms with Crippen LogP contribution in [0.1, 0.15) is 45.1 Å². The number of carbonyl (C=O) groups is 1. The Morgan fingerprint density at radius 1 is 1.48 bits per heavy atom. The van der Waals surface area contributed by atoms with Crippen LogP contribution in [0.2, 0.25) is 0 Å². The van der Waals surface area contributed by atoms with Crippen molar-refractivity contribution in [1.29, 1.82) is 0 Å². The SMILES string of the molecule is CCOc1c(Br)cc(C=NNC(=O)C2C3CCCCC32C)cc1OC. The van der Waals surface area contributed by atoms with Crippen molar-refractivity contribution < 1.29 is 14.3 Å². The van der Waals surface area contributed by atoms with Crippen LogP contribution < -0.4 is 14.9 Å². The summed E-state index contributed by atoms with van der Waals surface area (Å²) in [6, 6.07) is 3.73. The fraction of sp³-hybridized carbons (Fsp3) is 0.579. The monoisotopic (exact) mass is 408 g/mol. The van der Waals surface area contributed by atoms with Gasteiger partial charge in [-0.1, -0.05) is 19.8 Å². The first kappa shape index (κ1) is 18.2. The number of halogens is 1. The maximum Gasteiger partial charge on any atom is 0.244 e. The van der Waals surface area contributed by atoms with Crippen LogP contribution in [0.25, 0.3) is 0 Å². The van der Waals surface area contributed by atoms with E-state index in [0.717, 1.165) is 16.5 Å². The Morgan fingerprint density at radius 2 is 2.28 bits per heavy atom. The van der Waals surface area contributed by atoms with E-state index in [1.54, 1.807) is 13.3 Å². The zero-order valence-corrected chi connectivity index (χ0v) is 16.6. The molecule has 25 heavy (non-hydrogen) atoms. The lowest BCUT2D eigenvalue weighted by Gasteiger charge is -2.15. The number of methoxy groups -OCH3 is 1. The molecular formula is C19H25BrN2O3. The minimum Gasteiger partial charge on any atom is -0.493 e. The normalized spacial score (nSPS) is 27.7. The number of rotatable bonds is 6. The molecule has 2 aliphatic rings. The van der Waals surface area contributed by atoms with Gasteiger partial charge in [-0.3, -0.25) is 4.79 Å². The summed E-state index contributed by atoms with van der Waals surface area (Å²) in [5, 5.41) is 4.14. The molecular weight excluding hydrogens is 384 g/mol. The summed E-state index contributed by atoms with van der Waals surface area (Å²) >= 11 is 3.49. The number of ether oxygens (including phenoxy) is 2. The molecule has 5 nitrogen and oxygen atoms in total. The van der Waals surface area contributed by atoms with Crippen molar-refractivity contribution in [2.45, 2.75) is 39.5 Å². The van der Waals surface area contributed by atoms with Crippen LogP contribution in [0.3, 0.4) is 0 Å². The Balaban J connectivity index is 1.64. The van der Waals surface area contributed by atoms with Gasteiger partial charge in [0, 0.05) is 5.92 Å². The van der Waals surface area contributed by atoms with Gasteiger partial charge in [0.25, 0.3) is 0 Å². The van der Waals surface area contributed by atoms with Crippen LogP contribution in [-0.4, -0.2) is 25.8 Å². The summed E-state index contributed by atoms with van der Waals surface area (Å²) in [5.41, 5.74) is 3.74. The first-order valence-corrected chi connectivity index (χ1v) is 9.63. The zero-order chi connectivity index (χ0) is 18.0. The quantitative estimate of drug-likeness (QED) is 0.568. The number of carbonyl (C=O) groups excluding carboxylic acids is 1. The molecule has 1 amide bonds. The van der Waals surface area contributed by atoms with E-state index in [1.165, 1.54) is 19.3 Å². The highest BCUT2D eigenvalue weighted by molar-refractivity contribution is 9.10. The Bertz CT molecular complexity index is 691. The number of amides is 1. The first-order valence-electron chi connectivity index (χ1n) is 8.84. The van der Waals surface area contributed by atoms with Crippen molar-refractivity contribution in [3.8, 4) is 11.5 Å². The van der Waals surface area contributed by atoms with Crippen molar-refractivity contribution in [3.05, 3.63) is 22.2 Å². The number of nitrogens with zero attached hydrogens (tertiary/aromatic N) is 1. The molecule has 1 aromatic rings. The summed E-state index contributed by atoms with van der Waals surface area (Å²) in [7, 11) is 1.60. The third-order valence-electron chi connectivity index (χ3n) is 5.54. The smallest absolute Gasteiger partial charge is 0.244 e. The Morgan fingerprint density at radius 3 is 2.92 bits per heavy atom. The third kappa shape index (κ3) is 3.54. The van der Waals surface area contributed by atoms with E-state index in [4.69, 9.17) is 9.47 Å². The Hall–Kier alpha value is -1.56. The summed E-state index contributed by atoms with van der Waals surface area (Å²) in [6.07, 6.45) is 6.44. The van der Waals surface area contributed by atoms with E-state index < -0.39 is 0 Å². The highest BCUT2D eigenvalue weighted by atomic mass is 79.9. The van der Waals surface area contributed by atoms with Crippen molar-refractivity contribution in [2.24, 2.45) is 22.4 Å². The fourth-order valence-corrected chi connectivity index (χ4v) is 4.76. The second kappa shape index (κ2) is 7.36. The number of fused-ring (bicyclic) bond motifs is 1. The third-order valence-corrected chi connectivity index (χ3v) is 6.13. The maximum atomic E-state index is 12.4. The summed E-state index contributed by atoms with van der Waals surface area (Å²) < 4.78 is 11.7. The molecule has 0 saturated heterocycles. The van der Waals surface area contributed by atoms with Crippen LogP contribution in [0.15, 0.2) is 21.7 Å². The fourth-order valence-electron chi connectivity index (χ4n) is 4.19. The molecule has 0 heterocycles. The molecule has 1 N–H and O–H groups in total. The molecule has 0 aliphatic heterocycles. The largest absolute Gasteiger partial charge is 0.493 e. The van der Waals surface area contributed by atoms with E-state index in [9.17, 15) is 4.79 Å². The molecule has 2 aliphatic carbocycles. The zero-order valence-electron chi connectivity index (χ0n) is 15.0. The summed E-state index contributed by atoms with van der Waals surface area (Å²) in [6.45, 7) is 4.71. The number of hydrogen-bond acceptors (Lipinski definition) is 4. The summed E-state index contributed by atoms with van der Waals surface area (Å²) in [5.74, 6) is 2.00. The molecule has 0 radical (unpaired) electrons. The molecule has 6 heteroatoms. The topological polar surface area (TPSA) is 59.9 Å². The van der Waals surface area contributed by atoms with Crippen LogP contribution >= 0.6 is 15.9 Å². The van der Waals surface area contributed by atoms with E-state index >= 15 is 0 Å². The van der Waals surface area contributed by atoms with Gasteiger partial charge in [-0.15, -0.1) is 0 Å². The lowest BCUT2D eigenvalue weighted by molar-refractivity contribution is -0.123. The van der Waals surface area contributed by atoms with E-state index in [2.05, 4.69) is 33.4 Å². The molecule has 2 saturated carbocycles. The molecule has 0 spiro atoms. The van der Waals surface area contributed by atoms with Crippen molar-refractivity contribution >= 4 is 28.1 Å². The second-order valence-corrected chi connectivity index (χ2v) is 7.89. The number of hydrazone groups is 1. The van der Waals surface area contributed by atoms with Gasteiger partial charge in [-0.25, -0.2) is 5.43 Å². The van der Waals surface area contributed by atoms with Gasteiger partial charge >= 0.3 is 0 Å². The highest BCUT2D eigenvalue weighted by Gasteiger charge is 2.64. The average Bonchev–Trinajstić information content (AvgIpc) is 3.22. The lowest BCUT2D eigenvalue weighted by Crippen LogP contribution is -2.22. The van der Waals surface area contributed by atoms with Gasteiger partial charge in [-0.2, -0.15) is 5.10 Å². The number of benzene rings is 1. The Labute approximate surface area is 157 Å². The second-order valence-electron chi connectivity index (χ2n) is 7.04. The van der Waals surface area contributed by atoms with Gasteiger partial charge in [0.15, 0.2) is 11.5 Å². The van der Waals surface area contributed by atoms with Gasteiger partial charge in [-0.05, 0) is 64.7 Å². The van der Waals surface area contributed by atoms with Crippen LogP contribution in [0.5, 0.6) is 11.5 Å². The lowest BCUT2D eigenvalue weighted by atomic mass is 9.90. The summed E-state index contributed by atoms with van der Waals surface area (Å²) in [4.78, 5) is 12.4. The minimum absolute atomic E-state index is 0.0441. The van der Waals surface area contributed by atoms with E-state index in [1.807, 2.05) is 19.1 Å². The van der Waals surface area contributed by atoms with Gasteiger partial charge in [0.2, 0.25) is 5.91 Å². The molecule has 2 fully saturated rings. The molecule has 0 aromatic heterocycles. The number of hydrogen-bond donors (Lipinski definition) is 1. The Kier molecular flexibility index (Phi) is 5.37. The van der Waals surface area contributed by atoms with E-state index in [-0.39, 0.29) is 17.2 Å².